The van der Waals surface area contributed by atoms with E-state index < -0.39 is 0 Å². The van der Waals surface area contributed by atoms with Crippen LogP contribution < -0.4 is 0 Å². The normalized spacial score (nSPS) is 29.7. The lowest BCUT2D eigenvalue weighted by atomic mass is 9.61. The molecule has 0 heterocycles. The lowest BCUT2D eigenvalue weighted by molar-refractivity contribution is -0.123. The average molecular weight is 592 g/mol. The second-order valence-electron chi connectivity index (χ2n) is 15.8. The monoisotopic (exact) mass is 592 g/mol. The smallest absolute Gasteiger partial charge is 0.136 e. The van der Waals surface area contributed by atoms with Gasteiger partial charge < -0.3 is 4.90 Å². The number of carbonyl (C=O) groups excluding carboxylic acids is 1. The van der Waals surface area contributed by atoms with Crippen LogP contribution >= 0.6 is 0 Å². The Hall–Kier alpha value is -1.41. The quantitative estimate of drug-likeness (QED) is 0.124. The molecular weight excluding hydrogens is 522 g/mol. The number of hydrogen-bond acceptors (Lipinski definition) is 2. The summed E-state index contributed by atoms with van der Waals surface area (Å²) in [4.78, 5) is 15.4. The molecular formula is C41H69NO. The zero-order valence-corrected chi connectivity index (χ0v) is 29.6. The van der Waals surface area contributed by atoms with E-state index in [2.05, 4.69) is 84.5 Å². The largest absolute Gasteiger partial charge is 0.309 e. The van der Waals surface area contributed by atoms with Crippen LogP contribution in [0.5, 0.6) is 0 Å². The van der Waals surface area contributed by atoms with Gasteiger partial charge in [0.25, 0.3) is 0 Å². The van der Waals surface area contributed by atoms with Gasteiger partial charge in [-0.15, -0.1) is 0 Å². The van der Waals surface area contributed by atoms with E-state index in [0.717, 1.165) is 38.0 Å². The molecule has 0 amide bonds. The molecule has 0 bridgehead atoms. The lowest BCUT2D eigenvalue weighted by Gasteiger charge is -2.44. The molecule has 244 valence electrons. The highest BCUT2D eigenvalue weighted by Crippen LogP contribution is 2.59. The number of fused-ring (bicyclic) bond motifs is 1. The van der Waals surface area contributed by atoms with E-state index in [4.69, 9.17) is 0 Å². The molecule has 3 rings (SSSR count). The highest BCUT2D eigenvalue weighted by Gasteiger charge is 2.50. The van der Waals surface area contributed by atoms with Gasteiger partial charge in [-0.3, -0.25) is 4.79 Å². The fourth-order valence-electron chi connectivity index (χ4n) is 8.53. The third-order valence-corrected chi connectivity index (χ3v) is 11.9. The third-order valence-electron chi connectivity index (χ3n) is 11.9. The first-order chi connectivity index (χ1) is 20.5. The predicted molar refractivity (Wildman–Crippen MR) is 188 cm³/mol. The summed E-state index contributed by atoms with van der Waals surface area (Å²) in [7, 11) is 4.32. The van der Waals surface area contributed by atoms with Crippen LogP contribution in [-0.2, 0) is 4.79 Å². The maximum absolute atomic E-state index is 13.2. The van der Waals surface area contributed by atoms with Crippen molar-refractivity contribution in [1.82, 2.24) is 4.90 Å². The number of carbonyl (C=O) groups is 1. The van der Waals surface area contributed by atoms with Crippen molar-refractivity contribution in [3.8, 4) is 0 Å². The zero-order valence-electron chi connectivity index (χ0n) is 29.6. The summed E-state index contributed by atoms with van der Waals surface area (Å²) in [6.45, 7) is 17.7. The molecule has 3 aliphatic rings. The summed E-state index contributed by atoms with van der Waals surface area (Å²) < 4.78 is 0. The molecule has 3 fully saturated rings. The molecule has 0 aliphatic heterocycles. The van der Waals surface area contributed by atoms with Crippen LogP contribution in [0.15, 0.2) is 47.6 Å². The first-order valence-corrected chi connectivity index (χ1v) is 18.5. The van der Waals surface area contributed by atoms with Gasteiger partial charge in [0.1, 0.15) is 5.78 Å². The third kappa shape index (κ3) is 10.9. The van der Waals surface area contributed by atoms with Gasteiger partial charge in [0.15, 0.2) is 0 Å². The maximum atomic E-state index is 13.2. The molecule has 3 aliphatic carbocycles. The Bertz CT molecular complexity index is 966. The van der Waals surface area contributed by atoms with Crippen LogP contribution in [0.25, 0.3) is 0 Å². The van der Waals surface area contributed by atoms with E-state index in [0.29, 0.717) is 34.9 Å². The Morgan fingerprint density at radius 3 is 2.26 bits per heavy atom. The average Bonchev–Trinajstić information content (AvgIpc) is 3.33. The van der Waals surface area contributed by atoms with Gasteiger partial charge in [-0.1, -0.05) is 115 Å². The number of ketones is 1. The Kier molecular flexibility index (Phi) is 15.0. The Balaban J connectivity index is 1.48. The molecule has 0 N–H and O–H groups in total. The predicted octanol–water partition coefficient (Wildman–Crippen LogP) is 11.5. The molecule has 0 radical (unpaired) electrons. The molecule has 0 aromatic heterocycles. The van der Waals surface area contributed by atoms with Gasteiger partial charge in [0.05, 0.1) is 0 Å². The standard InChI is InChI=1S/C41H69NO/c1-31(2)32(3)20-21-34(5)38-26-27-39-35(18-17-28-41(38,39)6)24-25-36-30-37(23-22-33(36)4)40(43)19-15-13-11-9-10-12-14-16-29-42(7)8/h20-21,24-25,31-32,34,37-39H,4,9-19,22-23,26-30H2,1-3,5-8H3/b21-20+,35-24+,36-25+/t32-,34+,37-,38+,39?,41+/m0/s1. The summed E-state index contributed by atoms with van der Waals surface area (Å²) in [6, 6.07) is 0. The van der Waals surface area contributed by atoms with Crippen molar-refractivity contribution in [3.63, 3.8) is 0 Å². The first-order valence-electron chi connectivity index (χ1n) is 18.5. The van der Waals surface area contributed by atoms with Gasteiger partial charge in [0, 0.05) is 12.3 Å². The molecule has 0 saturated heterocycles. The SMILES string of the molecule is C=C1CC[C@H](C(=O)CCCCCCCCCCN(C)C)C/C1=C\C=C1/CCC[C@@]2(C)C1CC[C@@H]2[C@H](C)/C=C/[C@H](C)C(C)C. The molecule has 1 unspecified atom stereocenters. The molecule has 0 aromatic rings. The number of nitrogens with zero attached hydrogens (tertiary/aromatic N) is 1. The van der Waals surface area contributed by atoms with E-state index >= 15 is 0 Å². The van der Waals surface area contributed by atoms with Crippen molar-refractivity contribution in [1.29, 1.82) is 0 Å². The van der Waals surface area contributed by atoms with Crippen molar-refractivity contribution >= 4 is 5.78 Å². The molecule has 0 spiro atoms. The summed E-state index contributed by atoms with van der Waals surface area (Å²) in [5, 5.41) is 0. The van der Waals surface area contributed by atoms with Gasteiger partial charge in [0.2, 0.25) is 0 Å². The topological polar surface area (TPSA) is 20.3 Å². The van der Waals surface area contributed by atoms with Crippen LogP contribution in [0.4, 0.5) is 0 Å². The van der Waals surface area contributed by atoms with Crippen LogP contribution in [0.2, 0.25) is 0 Å². The first kappa shape index (κ1) is 36.1. The Morgan fingerprint density at radius 1 is 0.907 bits per heavy atom. The minimum atomic E-state index is 0.209. The number of Topliss-reactive ketones (excluding diaryl/α,β-unsaturated/α-hetero) is 1. The molecule has 3 saturated carbocycles. The second kappa shape index (κ2) is 17.9. The minimum Gasteiger partial charge on any atom is -0.309 e. The Morgan fingerprint density at radius 2 is 1.58 bits per heavy atom. The van der Waals surface area contributed by atoms with Crippen molar-refractivity contribution in [2.75, 3.05) is 20.6 Å². The van der Waals surface area contributed by atoms with Crippen LogP contribution in [0, 0.1) is 40.9 Å². The van der Waals surface area contributed by atoms with Crippen LogP contribution in [-0.4, -0.2) is 31.3 Å². The number of allylic oxidation sites excluding steroid dienone is 7. The van der Waals surface area contributed by atoms with Crippen molar-refractivity contribution < 1.29 is 4.79 Å². The summed E-state index contributed by atoms with van der Waals surface area (Å²) in [5.41, 5.74) is 4.72. The molecule has 2 heteroatoms. The van der Waals surface area contributed by atoms with E-state index in [-0.39, 0.29) is 5.92 Å². The lowest BCUT2D eigenvalue weighted by Crippen LogP contribution is -2.35. The van der Waals surface area contributed by atoms with E-state index in [1.807, 2.05) is 0 Å². The fourth-order valence-corrected chi connectivity index (χ4v) is 8.53. The molecule has 0 aromatic carbocycles. The van der Waals surface area contributed by atoms with E-state index in [9.17, 15) is 4.79 Å². The highest BCUT2D eigenvalue weighted by atomic mass is 16.1. The van der Waals surface area contributed by atoms with Crippen molar-refractivity contribution in [2.45, 2.75) is 144 Å². The Labute approximate surface area is 267 Å². The molecule has 2 nitrogen and oxygen atoms in total. The molecule has 6 atom stereocenters. The van der Waals surface area contributed by atoms with Gasteiger partial charge in [-0.2, -0.15) is 0 Å². The number of unbranched alkanes of at least 4 members (excludes halogenated alkanes) is 7. The zero-order chi connectivity index (χ0) is 31.4. The van der Waals surface area contributed by atoms with Crippen molar-refractivity contribution in [2.24, 2.45) is 40.9 Å². The summed E-state index contributed by atoms with van der Waals surface area (Å²) >= 11 is 0. The van der Waals surface area contributed by atoms with Crippen LogP contribution in [0.3, 0.4) is 0 Å². The maximum Gasteiger partial charge on any atom is 0.136 e. The van der Waals surface area contributed by atoms with E-state index in [1.165, 1.54) is 94.7 Å². The fraction of sp³-hybridized carbons (Fsp3) is 0.780. The van der Waals surface area contributed by atoms with Gasteiger partial charge in [-0.05, 0) is 125 Å². The van der Waals surface area contributed by atoms with Gasteiger partial charge in [-0.25, -0.2) is 0 Å². The number of rotatable bonds is 17. The summed E-state index contributed by atoms with van der Waals surface area (Å²) in [5.74, 6) is 4.22. The van der Waals surface area contributed by atoms with E-state index in [1.54, 1.807) is 5.57 Å². The molecule has 43 heavy (non-hydrogen) atoms. The van der Waals surface area contributed by atoms with Crippen LogP contribution in [0.1, 0.15) is 144 Å². The highest BCUT2D eigenvalue weighted by molar-refractivity contribution is 5.81. The minimum absolute atomic E-state index is 0.209. The number of hydrogen-bond donors (Lipinski definition) is 0. The summed E-state index contributed by atoms with van der Waals surface area (Å²) in [6.07, 6.45) is 30.5. The second-order valence-corrected chi connectivity index (χ2v) is 15.8. The van der Waals surface area contributed by atoms with Gasteiger partial charge >= 0.3 is 0 Å². The van der Waals surface area contributed by atoms with Crippen molar-refractivity contribution in [3.05, 3.63) is 47.6 Å².